The summed E-state index contributed by atoms with van der Waals surface area (Å²) < 4.78 is 37.5. The van der Waals surface area contributed by atoms with Crippen LogP contribution in [-0.4, -0.2) is 69.3 Å². The van der Waals surface area contributed by atoms with Crippen LogP contribution in [0.2, 0.25) is 0 Å². The second kappa shape index (κ2) is 6.72. The molecule has 0 bridgehead atoms. The van der Waals surface area contributed by atoms with Gasteiger partial charge in [0.25, 0.3) is 0 Å². The van der Waals surface area contributed by atoms with Gasteiger partial charge in [0.2, 0.25) is 10.0 Å². The molecule has 0 radical (unpaired) electrons. The summed E-state index contributed by atoms with van der Waals surface area (Å²) in [4.78, 5) is 6.73. The Kier molecular flexibility index (Phi) is 4.86. The van der Waals surface area contributed by atoms with Crippen molar-refractivity contribution < 1.29 is 17.9 Å². The van der Waals surface area contributed by atoms with Gasteiger partial charge in [-0.15, -0.1) is 0 Å². The summed E-state index contributed by atoms with van der Waals surface area (Å²) in [6.07, 6.45) is 1.72. The van der Waals surface area contributed by atoms with E-state index < -0.39 is 10.0 Å². The van der Waals surface area contributed by atoms with Crippen molar-refractivity contribution in [1.82, 2.24) is 9.29 Å². The van der Waals surface area contributed by atoms with E-state index in [1.807, 2.05) is 13.8 Å². The van der Waals surface area contributed by atoms with Crippen LogP contribution in [0.4, 0.5) is 5.82 Å². The number of pyridine rings is 1. The number of sulfonamides is 1. The average Bonchev–Trinajstić information content (AvgIpc) is 2.55. The molecule has 0 aliphatic carbocycles. The fraction of sp³-hybridized carbons (Fsp3) is 0.667. The first-order valence-corrected chi connectivity index (χ1v) is 9.35. The highest BCUT2D eigenvalue weighted by molar-refractivity contribution is 7.89. The van der Waals surface area contributed by atoms with Gasteiger partial charge in [0.15, 0.2) is 0 Å². The van der Waals surface area contributed by atoms with Crippen LogP contribution in [0.15, 0.2) is 23.2 Å². The van der Waals surface area contributed by atoms with Gasteiger partial charge in [-0.2, -0.15) is 4.31 Å². The third-order valence-electron chi connectivity index (χ3n) is 4.07. The molecule has 2 saturated heterocycles. The average molecular weight is 341 g/mol. The van der Waals surface area contributed by atoms with Crippen molar-refractivity contribution in [3.63, 3.8) is 0 Å². The van der Waals surface area contributed by atoms with Crippen molar-refractivity contribution in [3.05, 3.63) is 18.3 Å². The van der Waals surface area contributed by atoms with Crippen LogP contribution in [0.25, 0.3) is 0 Å². The smallest absolute Gasteiger partial charge is 0.244 e. The normalized spacial score (nSPS) is 27.1. The SMILES string of the molecule is C[C@@H]1CN(c2ccc(S(=O)(=O)N3CCOCC3)cn2)C[C@H](C)O1. The third-order valence-corrected chi connectivity index (χ3v) is 5.95. The molecule has 2 aliphatic rings. The van der Waals surface area contributed by atoms with Gasteiger partial charge < -0.3 is 14.4 Å². The number of rotatable bonds is 3. The molecule has 0 aromatic carbocycles. The van der Waals surface area contributed by atoms with Crippen LogP contribution in [0, 0.1) is 0 Å². The maximum atomic E-state index is 12.6. The zero-order valence-corrected chi connectivity index (χ0v) is 14.3. The fourth-order valence-corrected chi connectivity index (χ4v) is 4.37. The Bertz CT molecular complexity index is 619. The van der Waals surface area contributed by atoms with Crippen molar-refractivity contribution >= 4 is 15.8 Å². The van der Waals surface area contributed by atoms with Crippen LogP contribution in [0.3, 0.4) is 0 Å². The maximum absolute atomic E-state index is 12.6. The van der Waals surface area contributed by atoms with E-state index >= 15 is 0 Å². The number of anilines is 1. The molecular formula is C15H23N3O4S. The Labute approximate surface area is 137 Å². The van der Waals surface area contributed by atoms with E-state index in [1.54, 1.807) is 12.1 Å². The quantitative estimate of drug-likeness (QED) is 0.807. The van der Waals surface area contributed by atoms with Crippen molar-refractivity contribution in [1.29, 1.82) is 0 Å². The lowest BCUT2D eigenvalue weighted by molar-refractivity contribution is -0.00546. The molecular weight excluding hydrogens is 318 g/mol. The van der Waals surface area contributed by atoms with Gasteiger partial charge in [-0.1, -0.05) is 0 Å². The minimum absolute atomic E-state index is 0.136. The summed E-state index contributed by atoms with van der Waals surface area (Å²) in [5.41, 5.74) is 0. The van der Waals surface area contributed by atoms with Gasteiger partial charge in [0.1, 0.15) is 10.7 Å². The first-order chi connectivity index (χ1) is 11.0. The highest BCUT2D eigenvalue weighted by atomic mass is 32.2. The molecule has 0 unspecified atom stereocenters. The minimum Gasteiger partial charge on any atom is -0.379 e. The number of ether oxygens (including phenoxy) is 2. The van der Waals surface area contributed by atoms with Gasteiger partial charge in [-0.05, 0) is 26.0 Å². The number of hydrogen-bond donors (Lipinski definition) is 0. The lowest BCUT2D eigenvalue weighted by Gasteiger charge is -2.36. The number of aromatic nitrogens is 1. The van der Waals surface area contributed by atoms with E-state index in [0.717, 1.165) is 18.9 Å². The summed E-state index contributed by atoms with van der Waals surface area (Å²) in [6.45, 7) is 7.23. The van der Waals surface area contributed by atoms with Crippen LogP contribution in [0.1, 0.15) is 13.8 Å². The molecule has 128 valence electrons. The fourth-order valence-electron chi connectivity index (χ4n) is 3.01. The van der Waals surface area contributed by atoms with Gasteiger partial charge in [-0.3, -0.25) is 0 Å². The monoisotopic (exact) mass is 341 g/mol. The first-order valence-electron chi connectivity index (χ1n) is 7.91. The molecule has 2 atom stereocenters. The van der Waals surface area contributed by atoms with Gasteiger partial charge >= 0.3 is 0 Å². The molecule has 23 heavy (non-hydrogen) atoms. The van der Waals surface area contributed by atoms with Crippen LogP contribution < -0.4 is 4.90 Å². The Hall–Kier alpha value is -1.22. The van der Waals surface area contributed by atoms with Crippen molar-refractivity contribution in [2.75, 3.05) is 44.3 Å². The number of morpholine rings is 2. The van der Waals surface area contributed by atoms with Crippen molar-refractivity contribution in [3.8, 4) is 0 Å². The van der Waals surface area contributed by atoms with Crippen LogP contribution >= 0.6 is 0 Å². The Morgan fingerprint density at radius 2 is 1.78 bits per heavy atom. The molecule has 0 spiro atoms. The summed E-state index contributed by atoms with van der Waals surface area (Å²) in [5, 5.41) is 0. The molecule has 0 saturated carbocycles. The predicted octanol–water partition coefficient (Wildman–Crippen LogP) is 0.716. The lowest BCUT2D eigenvalue weighted by atomic mass is 10.2. The molecule has 0 amide bonds. The van der Waals surface area contributed by atoms with Gasteiger partial charge in [-0.25, -0.2) is 13.4 Å². The van der Waals surface area contributed by atoms with E-state index in [2.05, 4.69) is 9.88 Å². The molecule has 2 aliphatic heterocycles. The Balaban J connectivity index is 1.76. The molecule has 3 heterocycles. The Morgan fingerprint density at radius 1 is 1.13 bits per heavy atom. The zero-order valence-electron chi connectivity index (χ0n) is 13.5. The van der Waals surface area contributed by atoms with E-state index in [0.29, 0.717) is 26.3 Å². The van der Waals surface area contributed by atoms with Gasteiger partial charge in [0, 0.05) is 32.4 Å². The van der Waals surface area contributed by atoms with Gasteiger partial charge in [0.05, 0.1) is 25.4 Å². The summed E-state index contributed by atoms with van der Waals surface area (Å²) >= 11 is 0. The predicted molar refractivity (Wildman–Crippen MR) is 86.0 cm³/mol. The number of nitrogens with zero attached hydrogens (tertiary/aromatic N) is 3. The van der Waals surface area contributed by atoms with Crippen molar-refractivity contribution in [2.24, 2.45) is 0 Å². The van der Waals surface area contributed by atoms with E-state index in [1.165, 1.54) is 10.5 Å². The largest absolute Gasteiger partial charge is 0.379 e. The standard InChI is InChI=1S/C15H23N3O4S/c1-12-10-17(11-13(2)22-12)15-4-3-14(9-16-15)23(19,20)18-5-7-21-8-6-18/h3-4,9,12-13H,5-8,10-11H2,1-2H3/t12-,13+. The van der Waals surface area contributed by atoms with E-state index in [4.69, 9.17) is 9.47 Å². The lowest BCUT2D eigenvalue weighted by Crippen LogP contribution is -2.45. The summed E-state index contributed by atoms with van der Waals surface area (Å²) in [6, 6.07) is 3.41. The minimum atomic E-state index is -3.48. The van der Waals surface area contributed by atoms with E-state index in [9.17, 15) is 8.42 Å². The number of hydrogen-bond acceptors (Lipinski definition) is 6. The maximum Gasteiger partial charge on any atom is 0.244 e. The molecule has 2 fully saturated rings. The van der Waals surface area contributed by atoms with Crippen LogP contribution in [0.5, 0.6) is 0 Å². The molecule has 7 nitrogen and oxygen atoms in total. The molecule has 1 aromatic rings. The molecule has 1 aromatic heterocycles. The Morgan fingerprint density at radius 3 is 2.35 bits per heavy atom. The van der Waals surface area contributed by atoms with Crippen molar-refractivity contribution in [2.45, 2.75) is 31.0 Å². The molecule has 3 rings (SSSR count). The molecule has 0 N–H and O–H groups in total. The second-order valence-corrected chi connectivity index (χ2v) is 7.97. The summed E-state index contributed by atoms with van der Waals surface area (Å²) in [5.74, 6) is 0.785. The highest BCUT2D eigenvalue weighted by Crippen LogP contribution is 2.21. The first kappa shape index (κ1) is 16.6. The zero-order chi connectivity index (χ0) is 16.4. The topological polar surface area (TPSA) is 72.0 Å². The van der Waals surface area contributed by atoms with Crippen LogP contribution in [-0.2, 0) is 19.5 Å². The second-order valence-electron chi connectivity index (χ2n) is 6.03. The summed E-state index contributed by atoms with van der Waals surface area (Å²) in [7, 11) is -3.48. The third kappa shape index (κ3) is 3.65. The molecule has 8 heteroatoms. The van der Waals surface area contributed by atoms with E-state index in [-0.39, 0.29) is 17.1 Å². The highest BCUT2D eigenvalue weighted by Gasteiger charge is 2.27.